The van der Waals surface area contributed by atoms with Gasteiger partial charge in [-0.2, -0.15) is 4.98 Å². The van der Waals surface area contributed by atoms with Crippen molar-refractivity contribution in [1.82, 2.24) is 9.97 Å². The Labute approximate surface area is 114 Å². The molecule has 4 nitrogen and oxygen atoms in total. The predicted octanol–water partition coefficient (Wildman–Crippen LogP) is 3.70. The monoisotopic (exact) mass is 268 g/mol. The molecule has 100 valence electrons. The van der Waals surface area contributed by atoms with Gasteiger partial charge >= 0.3 is 0 Å². The van der Waals surface area contributed by atoms with E-state index in [0.717, 1.165) is 25.2 Å². The minimum absolute atomic E-state index is 0.194. The lowest BCUT2D eigenvalue weighted by molar-refractivity contribution is 0.269. The van der Waals surface area contributed by atoms with E-state index < -0.39 is 0 Å². The van der Waals surface area contributed by atoms with Crippen LogP contribution < -0.4 is 10.6 Å². The maximum atomic E-state index is 6.16. The van der Waals surface area contributed by atoms with E-state index in [1.165, 1.54) is 19.3 Å². The van der Waals surface area contributed by atoms with Crippen LogP contribution in [-0.2, 0) is 0 Å². The summed E-state index contributed by atoms with van der Waals surface area (Å²) in [5, 5.41) is 7.28. The van der Waals surface area contributed by atoms with Crippen molar-refractivity contribution < 1.29 is 0 Å². The van der Waals surface area contributed by atoms with Crippen molar-refractivity contribution >= 4 is 23.4 Å². The zero-order valence-electron chi connectivity index (χ0n) is 11.1. The highest BCUT2D eigenvalue weighted by atomic mass is 35.5. The summed E-state index contributed by atoms with van der Waals surface area (Å²) in [6.45, 7) is 5.19. The normalized spacial score (nSPS) is 17.1. The predicted molar refractivity (Wildman–Crippen MR) is 76.3 cm³/mol. The second kappa shape index (κ2) is 5.74. The van der Waals surface area contributed by atoms with Crippen LogP contribution in [0.2, 0.25) is 5.02 Å². The Morgan fingerprint density at radius 2 is 2.17 bits per heavy atom. The van der Waals surface area contributed by atoms with Gasteiger partial charge in [-0.25, -0.2) is 4.98 Å². The lowest BCUT2D eigenvalue weighted by Crippen LogP contribution is -2.44. The van der Waals surface area contributed by atoms with E-state index >= 15 is 0 Å². The highest BCUT2D eigenvalue weighted by molar-refractivity contribution is 6.32. The molecule has 2 N–H and O–H groups in total. The van der Waals surface area contributed by atoms with E-state index in [1.54, 1.807) is 6.20 Å². The molecule has 0 spiro atoms. The van der Waals surface area contributed by atoms with Crippen molar-refractivity contribution in [3.63, 3.8) is 0 Å². The van der Waals surface area contributed by atoms with Gasteiger partial charge < -0.3 is 10.6 Å². The number of rotatable bonds is 6. The van der Waals surface area contributed by atoms with Crippen molar-refractivity contribution in [3.8, 4) is 0 Å². The van der Waals surface area contributed by atoms with Gasteiger partial charge in [0.25, 0.3) is 0 Å². The third-order valence-electron chi connectivity index (χ3n) is 3.65. The smallest absolute Gasteiger partial charge is 0.224 e. The SMILES string of the molecule is CCCNc1ncc(Cl)c(NC2(CC)CCC2)n1. The zero-order chi connectivity index (χ0) is 13.0. The molecule has 0 aromatic carbocycles. The molecule has 1 aliphatic carbocycles. The van der Waals surface area contributed by atoms with Crippen LogP contribution in [0.1, 0.15) is 46.0 Å². The molecule has 1 aliphatic rings. The Morgan fingerprint density at radius 1 is 1.39 bits per heavy atom. The molecule has 18 heavy (non-hydrogen) atoms. The van der Waals surface area contributed by atoms with Gasteiger partial charge in [0.05, 0.1) is 6.20 Å². The van der Waals surface area contributed by atoms with Crippen molar-refractivity contribution in [3.05, 3.63) is 11.2 Å². The molecule has 5 heteroatoms. The van der Waals surface area contributed by atoms with E-state index in [-0.39, 0.29) is 5.54 Å². The van der Waals surface area contributed by atoms with Crippen molar-refractivity contribution in [2.75, 3.05) is 17.2 Å². The van der Waals surface area contributed by atoms with Gasteiger partial charge in [-0.15, -0.1) is 0 Å². The van der Waals surface area contributed by atoms with E-state index in [4.69, 9.17) is 11.6 Å². The summed E-state index contributed by atoms with van der Waals surface area (Å²) in [4.78, 5) is 8.64. The fraction of sp³-hybridized carbons (Fsp3) is 0.692. The van der Waals surface area contributed by atoms with Crippen LogP contribution in [0.4, 0.5) is 11.8 Å². The van der Waals surface area contributed by atoms with Gasteiger partial charge in [0.2, 0.25) is 5.95 Å². The van der Waals surface area contributed by atoms with Crippen molar-refractivity contribution in [2.24, 2.45) is 0 Å². The number of nitrogens with one attached hydrogen (secondary N) is 2. The van der Waals surface area contributed by atoms with E-state index in [1.807, 2.05) is 0 Å². The number of hydrogen-bond donors (Lipinski definition) is 2. The lowest BCUT2D eigenvalue weighted by Gasteiger charge is -2.42. The molecule has 1 aromatic heterocycles. The van der Waals surface area contributed by atoms with Gasteiger partial charge in [0.15, 0.2) is 5.82 Å². The molecule has 0 atom stereocenters. The van der Waals surface area contributed by atoms with Gasteiger partial charge in [0.1, 0.15) is 5.02 Å². The van der Waals surface area contributed by atoms with Gasteiger partial charge in [-0.1, -0.05) is 25.4 Å². The minimum Gasteiger partial charge on any atom is -0.363 e. The van der Waals surface area contributed by atoms with Crippen LogP contribution >= 0.6 is 11.6 Å². The fourth-order valence-electron chi connectivity index (χ4n) is 2.20. The van der Waals surface area contributed by atoms with E-state index in [0.29, 0.717) is 11.0 Å². The summed E-state index contributed by atoms with van der Waals surface area (Å²) < 4.78 is 0. The first-order valence-electron chi connectivity index (χ1n) is 6.74. The molecule has 0 radical (unpaired) electrons. The second-order valence-corrected chi connectivity index (χ2v) is 5.34. The van der Waals surface area contributed by atoms with E-state index in [9.17, 15) is 0 Å². The van der Waals surface area contributed by atoms with Gasteiger partial charge in [-0.05, 0) is 32.1 Å². The molecule has 0 saturated heterocycles. The molecule has 0 aliphatic heterocycles. The van der Waals surface area contributed by atoms with Crippen molar-refractivity contribution in [2.45, 2.75) is 51.5 Å². The second-order valence-electron chi connectivity index (χ2n) is 4.93. The highest BCUT2D eigenvalue weighted by Crippen LogP contribution is 2.38. The number of anilines is 2. The molecule has 1 fully saturated rings. The Kier molecular flexibility index (Phi) is 4.27. The first-order valence-corrected chi connectivity index (χ1v) is 7.11. The third kappa shape index (κ3) is 2.86. The van der Waals surface area contributed by atoms with Crippen LogP contribution in [0.3, 0.4) is 0 Å². The molecular weight excluding hydrogens is 248 g/mol. The summed E-state index contributed by atoms with van der Waals surface area (Å²) in [5.74, 6) is 1.40. The van der Waals surface area contributed by atoms with Crippen LogP contribution in [-0.4, -0.2) is 22.1 Å². The quantitative estimate of drug-likeness (QED) is 0.826. The molecule has 2 rings (SSSR count). The lowest BCUT2D eigenvalue weighted by atomic mass is 9.75. The summed E-state index contributed by atoms with van der Waals surface area (Å²) in [6, 6.07) is 0. The highest BCUT2D eigenvalue weighted by Gasteiger charge is 2.35. The van der Waals surface area contributed by atoms with Gasteiger partial charge in [-0.3, -0.25) is 0 Å². The van der Waals surface area contributed by atoms with Crippen LogP contribution in [0.15, 0.2) is 6.20 Å². The average Bonchev–Trinajstić information content (AvgIpc) is 2.34. The standard InChI is InChI=1S/C13H21ClN4/c1-3-8-15-12-16-9-10(14)11(17-12)18-13(4-2)6-5-7-13/h9H,3-8H2,1-2H3,(H2,15,16,17,18). The maximum absolute atomic E-state index is 6.16. The number of nitrogens with zero attached hydrogens (tertiary/aromatic N) is 2. The fourth-order valence-corrected chi connectivity index (χ4v) is 2.34. The first-order chi connectivity index (χ1) is 8.69. The first kappa shape index (κ1) is 13.4. The largest absolute Gasteiger partial charge is 0.363 e. The summed E-state index contributed by atoms with van der Waals surface area (Å²) >= 11 is 6.16. The average molecular weight is 269 g/mol. The van der Waals surface area contributed by atoms with Crippen LogP contribution in [0.25, 0.3) is 0 Å². The Morgan fingerprint density at radius 3 is 2.72 bits per heavy atom. The molecule has 1 heterocycles. The minimum atomic E-state index is 0.194. The zero-order valence-corrected chi connectivity index (χ0v) is 11.8. The van der Waals surface area contributed by atoms with Crippen LogP contribution in [0, 0.1) is 0 Å². The third-order valence-corrected chi connectivity index (χ3v) is 3.92. The van der Waals surface area contributed by atoms with Gasteiger partial charge in [0, 0.05) is 12.1 Å². The topological polar surface area (TPSA) is 49.8 Å². The van der Waals surface area contributed by atoms with Crippen molar-refractivity contribution in [1.29, 1.82) is 0 Å². The number of aromatic nitrogens is 2. The van der Waals surface area contributed by atoms with Crippen LogP contribution in [0.5, 0.6) is 0 Å². The Hall–Kier alpha value is -1.03. The Balaban J connectivity index is 2.10. The molecule has 1 saturated carbocycles. The number of hydrogen-bond acceptors (Lipinski definition) is 4. The molecule has 0 amide bonds. The molecular formula is C13H21ClN4. The summed E-state index contributed by atoms with van der Waals surface area (Å²) in [5.41, 5.74) is 0.194. The maximum Gasteiger partial charge on any atom is 0.224 e. The molecule has 0 bridgehead atoms. The molecule has 0 unspecified atom stereocenters. The summed E-state index contributed by atoms with van der Waals surface area (Å²) in [7, 11) is 0. The molecule has 1 aromatic rings. The summed E-state index contributed by atoms with van der Waals surface area (Å²) in [6.07, 6.45) is 7.49. The Bertz CT molecular complexity index is 398. The number of halogens is 1. The van der Waals surface area contributed by atoms with E-state index in [2.05, 4.69) is 34.4 Å².